The van der Waals surface area contributed by atoms with Crippen molar-refractivity contribution in [3.05, 3.63) is 82.1 Å². The van der Waals surface area contributed by atoms with E-state index in [-0.39, 0.29) is 23.5 Å². The molecule has 0 spiro atoms. The zero-order chi connectivity index (χ0) is 23.4. The fourth-order valence-electron chi connectivity index (χ4n) is 3.78. The van der Waals surface area contributed by atoms with Gasteiger partial charge < -0.3 is 9.80 Å². The molecule has 1 atom stereocenters. The molecule has 170 valence electrons. The van der Waals surface area contributed by atoms with Gasteiger partial charge in [-0.1, -0.05) is 29.3 Å². The summed E-state index contributed by atoms with van der Waals surface area (Å²) < 4.78 is 0. The largest absolute Gasteiger partial charge is 0.365 e. The summed E-state index contributed by atoms with van der Waals surface area (Å²) in [6.07, 6.45) is 1.52. The first-order chi connectivity index (χ1) is 15.9. The summed E-state index contributed by atoms with van der Waals surface area (Å²) in [4.78, 5) is 30.2. The predicted octanol–water partition coefficient (Wildman–Crippen LogP) is 5.11. The maximum Gasteiger partial charge on any atom is 0.254 e. The molecule has 1 amide bonds. The SMILES string of the molecule is C[C@H]1CN(C(=O)c2ccc(SCC(=O)c3cccnn3)c(Cl)c2)CCN1c1cccc(Cl)c1. The van der Waals surface area contributed by atoms with Crippen molar-refractivity contribution in [2.24, 2.45) is 0 Å². The molecule has 1 fully saturated rings. The van der Waals surface area contributed by atoms with Crippen molar-refractivity contribution in [1.29, 1.82) is 0 Å². The molecular weight excluding hydrogens is 479 g/mol. The molecule has 9 heteroatoms. The standard InChI is InChI=1S/C24H22Cl2N4O2S/c1-16-14-29(10-11-30(16)19-5-2-4-18(25)13-19)24(32)17-7-8-23(20(26)12-17)33-15-22(31)21-6-3-9-27-28-21/h2-9,12-13,16H,10-11,14-15H2,1H3/t16-/m0/s1. The molecule has 1 saturated heterocycles. The maximum absolute atomic E-state index is 13.1. The van der Waals surface area contributed by atoms with Crippen LogP contribution in [0.2, 0.25) is 10.0 Å². The van der Waals surface area contributed by atoms with Crippen LogP contribution in [0.3, 0.4) is 0 Å². The van der Waals surface area contributed by atoms with Crippen LogP contribution in [0.4, 0.5) is 5.69 Å². The van der Waals surface area contributed by atoms with Gasteiger partial charge in [-0.25, -0.2) is 0 Å². The van der Waals surface area contributed by atoms with E-state index in [0.717, 1.165) is 17.1 Å². The van der Waals surface area contributed by atoms with Crippen molar-refractivity contribution < 1.29 is 9.59 Å². The lowest BCUT2D eigenvalue weighted by molar-refractivity contribution is 0.0726. The fraction of sp³-hybridized carbons (Fsp3) is 0.250. The number of carbonyl (C=O) groups excluding carboxylic acids is 2. The van der Waals surface area contributed by atoms with Crippen LogP contribution in [-0.2, 0) is 0 Å². The van der Waals surface area contributed by atoms with Gasteiger partial charge in [0, 0.05) is 53.0 Å². The van der Waals surface area contributed by atoms with Crippen LogP contribution in [0.15, 0.2) is 65.7 Å². The number of rotatable bonds is 6. The molecule has 2 aromatic carbocycles. The normalized spacial score (nSPS) is 16.0. The van der Waals surface area contributed by atoms with Gasteiger partial charge in [-0.05, 0) is 55.5 Å². The Morgan fingerprint density at radius 1 is 1.09 bits per heavy atom. The number of aromatic nitrogens is 2. The van der Waals surface area contributed by atoms with Crippen LogP contribution in [0.1, 0.15) is 27.8 Å². The summed E-state index contributed by atoms with van der Waals surface area (Å²) in [6.45, 7) is 4.03. The van der Waals surface area contributed by atoms with Crippen LogP contribution in [-0.4, -0.2) is 58.2 Å². The van der Waals surface area contributed by atoms with Crippen molar-refractivity contribution in [2.75, 3.05) is 30.3 Å². The second-order valence-electron chi connectivity index (χ2n) is 7.74. The van der Waals surface area contributed by atoms with Gasteiger partial charge in [-0.3, -0.25) is 9.59 Å². The molecule has 3 aromatic rings. The van der Waals surface area contributed by atoms with Crippen molar-refractivity contribution in [2.45, 2.75) is 17.9 Å². The first-order valence-electron chi connectivity index (χ1n) is 10.5. The third-order valence-electron chi connectivity index (χ3n) is 5.45. The number of piperazine rings is 1. The Kier molecular flexibility index (Phi) is 7.53. The zero-order valence-corrected chi connectivity index (χ0v) is 20.3. The van der Waals surface area contributed by atoms with E-state index in [2.05, 4.69) is 22.0 Å². The molecule has 1 aromatic heterocycles. The van der Waals surface area contributed by atoms with Gasteiger partial charge in [0.2, 0.25) is 0 Å². The van der Waals surface area contributed by atoms with E-state index >= 15 is 0 Å². The highest BCUT2D eigenvalue weighted by molar-refractivity contribution is 8.00. The molecule has 2 heterocycles. The van der Waals surface area contributed by atoms with Gasteiger partial charge in [0.1, 0.15) is 5.69 Å². The zero-order valence-electron chi connectivity index (χ0n) is 17.9. The molecule has 6 nitrogen and oxygen atoms in total. The van der Waals surface area contributed by atoms with Crippen molar-refractivity contribution in [1.82, 2.24) is 15.1 Å². The second-order valence-corrected chi connectivity index (χ2v) is 9.60. The summed E-state index contributed by atoms with van der Waals surface area (Å²) in [7, 11) is 0. The second kappa shape index (κ2) is 10.5. The highest BCUT2D eigenvalue weighted by Crippen LogP contribution is 2.30. The number of anilines is 1. The van der Waals surface area contributed by atoms with Crippen molar-refractivity contribution in [3.8, 4) is 0 Å². The number of amides is 1. The molecule has 0 unspecified atom stereocenters. The van der Waals surface area contributed by atoms with Gasteiger partial charge in [-0.2, -0.15) is 5.10 Å². The van der Waals surface area contributed by atoms with Crippen LogP contribution in [0, 0.1) is 0 Å². The number of benzene rings is 2. The molecule has 0 N–H and O–H groups in total. The minimum atomic E-state index is -0.129. The number of halogens is 2. The number of Topliss-reactive ketones (excluding diaryl/α,β-unsaturated/α-hetero) is 1. The Morgan fingerprint density at radius 3 is 2.64 bits per heavy atom. The average molecular weight is 501 g/mol. The van der Waals surface area contributed by atoms with Crippen LogP contribution < -0.4 is 4.90 Å². The number of carbonyl (C=O) groups is 2. The number of hydrogen-bond donors (Lipinski definition) is 0. The van der Waals surface area contributed by atoms with Gasteiger partial charge in [0.15, 0.2) is 5.78 Å². The molecule has 1 aliphatic heterocycles. The summed E-state index contributed by atoms with van der Waals surface area (Å²) >= 11 is 13.9. The monoisotopic (exact) mass is 500 g/mol. The minimum absolute atomic E-state index is 0.0540. The highest BCUT2D eigenvalue weighted by atomic mass is 35.5. The highest BCUT2D eigenvalue weighted by Gasteiger charge is 2.28. The van der Waals surface area contributed by atoms with E-state index in [9.17, 15) is 9.59 Å². The molecule has 33 heavy (non-hydrogen) atoms. The van der Waals surface area contributed by atoms with Crippen molar-refractivity contribution in [3.63, 3.8) is 0 Å². The topological polar surface area (TPSA) is 66.4 Å². The summed E-state index contributed by atoms with van der Waals surface area (Å²) in [5.74, 6) is 0.00636. The third kappa shape index (κ3) is 5.66. The fourth-order valence-corrected chi connectivity index (χ4v) is 5.11. The Bertz CT molecular complexity index is 1160. The Hall–Kier alpha value is -2.61. The number of hydrogen-bond acceptors (Lipinski definition) is 6. The van der Waals surface area contributed by atoms with Gasteiger partial charge >= 0.3 is 0 Å². The molecule has 4 rings (SSSR count). The summed E-state index contributed by atoms with van der Waals surface area (Å²) in [5.41, 5.74) is 1.91. The third-order valence-corrected chi connectivity index (χ3v) is 7.18. The molecule has 0 bridgehead atoms. The van der Waals surface area contributed by atoms with E-state index in [0.29, 0.717) is 34.4 Å². The molecule has 0 aliphatic carbocycles. The Morgan fingerprint density at radius 2 is 1.94 bits per heavy atom. The lowest BCUT2D eigenvalue weighted by Gasteiger charge is -2.41. The number of ketones is 1. The molecule has 1 aliphatic rings. The number of thioether (sulfide) groups is 1. The first-order valence-corrected chi connectivity index (χ1v) is 12.2. The minimum Gasteiger partial charge on any atom is -0.365 e. The first kappa shape index (κ1) is 23.5. The van der Waals surface area contributed by atoms with E-state index < -0.39 is 0 Å². The van der Waals surface area contributed by atoms with Crippen molar-refractivity contribution >= 4 is 52.3 Å². The Balaban J connectivity index is 1.38. The lowest BCUT2D eigenvalue weighted by atomic mass is 10.1. The number of nitrogens with zero attached hydrogens (tertiary/aromatic N) is 4. The molecule has 0 radical (unpaired) electrons. The van der Waals surface area contributed by atoms with E-state index in [1.165, 1.54) is 18.0 Å². The molecule has 0 saturated carbocycles. The smallest absolute Gasteiger partial charge is 0.254 e. The van der Waals surface area contributed by atoms with Gasteiger partial charge in [-0.15, -0.1) is 16.9 Å². The van der Waals surface area contributed by atoms with E-state index in [1.54, 1.807) is 30.3 Å². The van der Waals surface area contributed by atoms with Crippen LogP contribution in [0.25, 0.3) is 0 Å². The quantitative estimate of drug-likeness (QED) is 0.346. The average Bonchev–Trinajstić information content (AvgIpc) is 2.83. The maximum atomic E-state index is 13.1. The summed E-state index contributed by atoms with van der Waals surface area (Å²) in [6, 6.07) is 16.4. The van der Waals surface area contributed by atoms with E-state index in [1.807, 2.05) is 29.2 Å². The van der Waals surface area contributed by atoms with E-state index in [4.69, 9.17) is 23.2 Å². The van der Waals surface area contributed by atoms with Gasteiger partial charge in [0.25, 0.3) is 5.91 Å². The Labute approximate surface area is 206 Å². The lowest BCUT2D eigenvalue weighted by Crippen LogP contribution is -2.53. The van der Waals surface area contributed by atoms with Crippen LogP contribution >= 0.6 is 35.0 Å². The summed E-state index contributed by atoms with van der Waals surface area (Å²) in [5, 5.41) is 8.70. The molecular formula is C24H22Cl2N4O2S. The van der Waals surface area contributed by atoms with Gasteiger partial charge in [0.05, 0.1) is 10.8 Å². The van der Waals surface area contributed by atoms with Crippen LogP contribution in [0.5, 0.6) is 0 Å². The predicted molar refractivity (Wildman–Crippen MR) is 133 cm³/mol.